The number of thioether (sulfide) groups is 1. The summed E-state index contributed by atoms with van der Waals surface area (Å²) in [5.41, 5.74) is 0. The molecule has 1 aromatic heterocycles. The van der Waals surface area contributed by atoms with Crippen molar-refractivity contribution in [2.24, 2.45) is 9.98 Å². The van der Waals surface area contributed by atoms with Crippen molar-refractivity contribution in [1.82, 2.24) is 19.8 Å². The molecule has 0 unspecified atom stereocenters. The second-order valence-electron chi connectivity index (χ2n) is 3.98. The standard InChI is InChI=1S/C11H15N7S/c1-17(2)7-13-9-5-10(14-8-18(3)4)16-11(15-9)19-6-12/h5,7-8H,1-4H3. The van der Waals surface area contributed by atoms with Gasteiger partial charge in [0.25, 0.3) is 0 Å². The van der Waals surface area contributed by atoms with Crippen molar-refractivity contribution in [2.75, 3.05) is 28.2 Å². The van der Waals surface area contributed by atoms with Crippen molar-refractivity contribution in [3.8, 4) is 5.40 Å². The Morgan fingerprint density at radius 2 is 1.58 bits per heavy atom. The van der Waals surface area contributed by atoms with Crippen LogP contribution in [0.1, 0.15) is 0 Å². The molecule has 8 heteroatoms. The van der Waals surface area contributed by atoms with Gasteiger partial charge in [-0.05, 0) is 0 Å². The van der Waals surface area contributed by atoms with Crippen LogP contribution >= 0.6 is 11.8 Å². The quantitative estimate of drug-likeness (QED) is 0.267. The highest BCUT2D eigenvalue weighted by Crippen LogP contribution is 2.21. The summed E-state index contributed by atoms with van der Waals surface area (Å²) in [7, 11) is 7.45. The number of rotatable bonds is 5. The number of nitriles is 1. The molecular formula is C11H15N7S. The van der Waals surface area contributed by atoms with E-state index in [1.54, 1.807) is 28.5 Å². The van der Waals surface area contributed by atoms with E-state index in [1.165, 1.54) is 0 Å². The van der Waals surface area contributed by atoms with Crippen LogP contribution in [-0.2, 0) is 0 Å². The lowest BCUT2D eigenvalue weighted by molar-refractivity contribution is 0.642. The molecule has 0 saturated carbocycles. The maximum atomic E-state index is 8.68. The fraction of sp³-hybridized carbons (Fsp3) is 0.364. The van der Waals surface area contributed by atoms with E-state index in [0.717, 1.165) is 11.8 Å². The van der Waals surface area contributed by atoms with Gasteiger partial charge in [-0.2, -0.15) is 5.26 Å². The Hall–Kier alpha value is -2.14. The summed E-state index contributed by atoms with van der Waals surface area (Å²) in [6, 6.07) is 1.65. The average molecular weight is 277 g/mol. The minimum atomic E-state index is 0.335. The largest absolute Gasteiger partial charge is 0.369 e. The number of hydrogen-bond donors (Lipinski definition) is 0. The van der Waals surface area contributed by atoms with E-state index in [-0.39, 0.29) is 0 Å². The number of thiocyanates is 1. The topological polar surface area (TPSA) is 80.8 Å². The van der Waals surface area contributed by atoms with Crippen LogP contribution in [0.2, 0.25) is 0 Å². The number of aromatic nitrogens is 2. The Morgan fingerprint density at radius 1 is 1.11 bits per heavy atom. The summed E-state index contributed by atoms with van der Waals surface area (Å²) >= 11 is 0.880. The summed E-state index contributed by atoms with van der Waals surface area (Å²) in [6.07, 6.45) is 3.26. The van der Waals surface area contributed by atoms with Crippen LogP contribution in [0.15, 0.2) is 21.2 Å². The maximum Gasteiger partial charge on any atom is 0.206 e. The van der Waals surface area contributed by atoms with Gasteiger partial charge in [-0.15, -0.1) is 0 Å². The predicted molar refractivity (Wildman–Crippen MR) is 77.2 cm³/mol. The van der Waals surface area contributed by atoms with Crippen molar-refractivity contribution in [1.29, 1.82) is 5.26 Å². The summed E-state index contributed by atoms with van der Waals surface area (Å²) in [6.45, 7) is 0. The van der Waals surface area contributed by atoms with Gasteiger partial charge in [0.1, 0.15) is 5.40 Å². The Labute approximate surface area is 116 Å². The summed E-state index contributed by atoms with van der Waals surface area (Å²) in [5.74, 6) is 0.930. The molecule has 19 heavy (non-hydrogen) atoms. The monoisotopic (exact) mass is 277 g/mol. The molecule has 0 aromatic carbocycles. The van der Waals surface area contributed by atoms with E-state index in [2.05, 4.69) is 20.0 Å². The maximum absolute atomic E-state index is 8.68. The van der Waals surface area contributed by atoms with Crippen LogP contribution < -0.4 is 0 Å². The first-order chi connectivity index (χ1) is 9.01. The molecule has 0 fully saturated rings. The van der Waals surface area contributed by atoms with Gasteiger partial charge in [0, 0.05) is 46.0 Å². The third kappa shape index (κ3) is 5.83. The van der Waals surface area contributed by atoms with Crippen molar-refractivity contribution in [3.63, 3.8) is 0 Å². The van der Waals surface area contributed by atoms with E-state index in [1.807, 2.05) is 33.6 Å². The number of aliphatic imine (C=N–C) groups is 2. The molecule has 0 saturated heterocycles. The van der Waals surface area contributed by atoms with Gasteiger partial charge in [0.15, 0.2) is 11.6 Å². The first kappa shape index (κ1) is 14.9. The lowest BCUT2D eigenvalue weighted by Gasteiger charge is -2.04. The molecule has 0 aliphatic carbocycles. The molecule has 0 spiro atoms. The highest BCUT2D eigenvalue weighted by atomic mass is 32.2. The third-order valence-corrected chi connectivity index (χ3v) is 2.11. The zero-order valence-electron chi connectivity index (χ0n) is 11.3. The molecular weight excluding hydrogens is 262 g/mol. The molecule has 7 nitrogen and oxygen atoms in total. The lowest BCUT2D eigenvalue weighted by Crippen LogP contribution is -2.07. The molecule has 0 amide bonds. The molecule has 0 aliphatic heterocycles. The average Bonchev–Trinajstić information content (AvgIpc) is 2.34. The van der Waals surface area contributed by atoms with Gasteiger partial charge in [-0.3, -0.25) is 0 Å². The second kappa shape index (κ2) is 7.33. The van der Waals surface area contributed by atoms with Gasteiger partial charge in [-0.1, -0.05) is 0 Å². The van der Waals surface area contributed by atoms with Gasteiger partial charge in [0.05, 0.1) is 12.7 Å². The Balaban J connectivity index is 3.07. The van der Waals surface area contributed by atoms with Crippen LogP contribution in [0.25, 0.3) is 0 Å². The highest BCUT2D eigenvalue weighted by molar-refractivity contribution is 8.03. The molecule has 0 N–H and O–H groups in total. The molecule has 1 aromatic rings. The molecule has 0 atom stereocenters. The lowest BCUT2D eigenvalue weighted by atomic mass is 10.5. The first-order valence-corrected chi connectivity index (χ1v) is 6.19. The van der Waals surface area contributed by atoms with Crippen LogP contribution in [0.5, 0.6) is 0 Å². The van der Waals surface area contributed by atoms with E-state index in [4.69, 9.17) is 5.26 Å². The number of hydrogen-bond acceptors (Lipinski definition) is 6. The zero-order chi connectivity index (χ0) is 14.3. The number of nitrogens with zero attached hydrogens (tertiary/aromatic N) is 7. The normalized spacial score (nSPS) is 10.9. The minimum absolute atomic E-state index is 0.335. The Bertz CT molecular complexity index is 480. The first-order valence-electron chi connectivity index (χ1n) is 5.37. The Kier molecular flexibility index (Phi) is 5.75. The van der Waals surface area contributed by atoms with Crippen molar-refractivity contribution < 1.29 is 0 Å². The third-order valence-electron chi connectivity index (χ3n) is 1.66. The zero-order valence-corrected chi connectivity index (χ0v) is 12.1. The minimum Gasteiger partial charge on any atom is -0.369 e. The van der Waals surface area contributed by atoms with Crippen molar-refractivity contribution >= 4 is 36.1 Å². The molecule has 0 bridgehead atoms. The van der Waals surface area contributed by atoms with E-state index in [9.17, 15) is 0 Å². The van der Waals surface area contributed by atoms with E-state index < -0.39 is 0 Å². The molecule has 0 aliphatic rings. The van der Waals surface area contributed by atoms with Crippen molar-refractivity contribution in [2.45, 2.75) is 5.16 Å². The second-order valence-corrected chi connectivity index (χ2v) is 4.73. The van der Waals surface area contributed by atoms with Gasteiger partial charge >= 0.3 is 0 Å². The highest BCUT2D eigenvalue weighted by Gasteiger charge is 2.03. The van der Waals surface area contributed by atoms with Crippen molar-refractivity contribution in [3.05, 3.63) is 6.07 Å². The van der Waals surface area contributed by atoms with Gasteiger partial charge < -0.3 is 9.80 Å². The smallest absolute Gasteiger partial charge is 0.206 e. The van der Waals surface area contributed by atoms with Crippen LogP contribution in [0.4, 0.5) is 11.6 Å². The summed E-state index contributed by atoms with van der Waals surface area (Å²) in [4.78, 5) is 20.2. The summed E-state index contributed by atoms with van der Waals surface area (Å²) < 4.78 is 0. The Morgan fingerprint density at radius 3 is 1.95 bits per heavy atom. The van der Waals surface area contributed by atoms with E-state index >= 15 is 0 Å². The van der Waals surface area contributed by atoms with Crippen LogP contribution in [-0.4, -0.2) is 60.6 Å². The van der Waals surface area contributed by atoms with E-state index in [0.29, 0.717) is 16.8 Å². The van der Waals surface area contributed by atoms with Gasteiger partial charge in [-0.25, -0.2) is 20.0 Å². The fourth-order valence-electron chi connectivity index (χ4n) is 0.969. The van der Waals surface area contributed by atoms with Crippen LogP contribution in [0.3, 0.4) is 0 Å². The predicted octanol–water partition coefficient (Wildman–Crippen LogP) is 1.49. The SMILES string of the molecule is CN(C)C=Nc1cc(N=CN(C)C)nc(SC#N)n1. The molecule has 100 valence electrons. The van der Waals surface area contributed by atoms with Crippen LogP contribution in [0, 0.1) is 10.7 Å². The summed E-state index contributed by atoms with van der Waals surface area (Å²) in [5, 5.41) is 10.9. The fourth-order valence-corrected chi connectivity index (χ4v) is 1.33. The molecule has 0 radical (unpaired) electrons. The van der Waals surface area contributed by atoms with Gasteiger partial charge in [0.2, 0.25) is 5.16 Å². The molecule has 1 heterocycles. The molecule has 1 rings (SSSR count).